The number of hydrogen-bond acceptors (Lipinski definition) is 7. The van der Waals surface area contributed by atoms with Crippen LogP contribution in [0.15, 0.2) is 0 Å². The van der Waals surface area contributed by atoms with Gasteiger partial charge in [-0.3, -0.25) is 14.4 Å². The van der Waals surface area contributed by atoms with Gasteiger partial charge in [-0.15, -0.1) is 0 Å². The van der Waals surface area contributed by atoms with Crippen molar-refractivity contribution in [3.05, 3.63) is 0 Å². The summed E-state index contributed by atoms with van der Waals surface area (Å²) in [7, 11) is 0. The van der Waals surface area contributed by atoms with E-state index in [4.69, 9.17) is 35.7 Å². The topological polar surface area (TPSA) is 227 Å². The van der Waals surface area contributed by atoms with Crippen molar-refractivity contribution in [3.8, 4) is 0 Å². The van der Waals surface area contributed by atoms with Gasteiger partial charge in [0, 0.05) is 17.1 Å². The SMILES string of the molecule is O=C(O)CC(O)(CC(=O)O)C(=O)O.O=C(O)CC(O)C(=O)O.[Cu]. The number of carbonyl (C=O) groups is 5. The molecule has 0 amide bonds. The Morgan fingerprint density at radius 3 is 1.26 bits per heavy atom. The molecule has 0 saturated heterocycles. The Hall–Kier alpha value is -2.21. The minimum atomic E-state index is -2.74. The van der Waals surface area contributed by atoms with Crippen molar-refractivity contribution in [2.45, 2.75) is 31.0 Å². The number of carboxylic acid groups (broad SMARTS) is 5. The van der Waals surface area contributed by atoms with Crippen LogP contribution in [-0.2, 0) is 41.0 Å². The van der Waals surface area contributed by atoms with Crippen LogP contribution in [-0.4, -0.2) is 77.3 Å². The van der Waals surface area contributed by atoms with Gasteiger partial charge < -0.3 is 35.7 Å². The fourth-order valence-corrected chi connectivity index (χ4v) is 0.967. The zero-order chi connectivity index (χ0) is 18.1. The quantitative estimate of drug-likeness (QED) is 0.216. The van der Waals surface area contributed by atoms with Crippen LogP contribution in [0.25, 0.3) is 0 Å². The smallest absolute Gasteiger partial charge is 0.336 e. The molecule has 0 aliphatic rings. The van der Waals surface area contributed by atoms with Crippen LogP contribution in [0, 0.1) is 0 Å². The molecule has 1 unspecified atom stereocenters. The van der Waals surface area contributed by atoms with E-state index in [0.29, 0.717) is 0 Å². The van der Waals surface area contributed by atoms with E-state index in [-0.39, 0.29) is 17.1 Å². The first-order valence-corrected chi connectivity index (χ1v) is 5.34. The molecule has 13 heteroatoms. The Kier molecular flexibility index (Phi) is 12.7. The van der Waals surface area contributed by atoms with Crippen molar-refractivity contribution in [2.75, 3.05) is 0 Å². The van der Waals surface area contributed by atoms with Crippen molar-refractivity contribution >= 4 is 29.8 Å². The van der Waals surface area contributed by atoms with Crippen molar-refractivity contribution in [2.24, 2.45) is 0 Å². The van der Waals surface area contributed by atoms with Crippen LogP contribution in [0.5, 0.6) is 0 Å². The van der Waals surface area contributed by atoms with Gasteiger partial charge in [-0.2, -0.15) is 0 Å². The van der Waals surface area contributed by atoms with E-state index in [0.717, 1.165) is 0 Å². The number of hydrogen-bond donors (Lipinski definition) is 7. The van der Waals surface area contributed by atoms with Gasteiger partial charge in [-0.25, -0.2) is 9.59 Å². The second-order valence-electron chi connectivity index (χ2n) is 3.93. The third-order valence-corrected chi connectivity index (χ3v) is 1.94. The van der Waals surface area contributed by atoms with E-state index in [1.54, 1.807) is 0 Å². The minimum absolute atomic E-state index is 0. The molecule has 0 rings (SSSR count). The van der Waals surface area contributed by atoms with Gasteiger partial charge in [0.15, 0.2) is 11.7 Å². The third kappa shape index (κ3) is 13.2. The van der Waals surface area contributed by atoms with Crippen molar-refractivity contribution in [1.29, 1.82) is 0 Å². The normalized spacial score (nSPS) is 11.0. The van der Waals surface area contributed by atoms with Crippen LogP contribution in [0.3, 0.4) is 0 Å². The monoisotopic (exact) mass is 389 g/mol. The molecular weight excluding hydrogens is 376 g/mol. The summed E-state index contributed by atoms with van der Waals surface area (Å²) >= 11 is 0. The molecular formula is C10H14CuO12. The maximum atomic E-state index is 10.3. The van der Waals surface area contributed by atoms with Gasteiger partial charge in [0.05, 0.1) is 19.3 Å². The predicted octanol–water partition coefficient (Wildman–Crippen LogP) is -2.34. The van der Waals surface area contributed by atoms with Gasteiger partial charge in [0.25, 0.3) is 0 Å². The largest absolute Gasteiger partial charge is 0.481 e. The molecule has 0 heterocycles. The van der Waals surface area contributed by atoms with Gasteiger partial charge in [0.1, 0.15) is 0 Å². The molecule has 0 bridgehead atoms. The van der Waals surface area contributed by atoms with E-state index in [1.807, 2.05) is 0 Å². The average molecular weight is 390 g/mol. The summed E-state index contributed by atoms with van der Waals surface area (Å²) in [5, 5.41) is 58.0. The number of aliphatic carboxylic acids is 5. The first kappa shape index (κ1) is 25.7. The zero-order valence-corrected chi connectivity index (χ0v) is 12.1. The summed E-state index contributed by atoms with van der Waals surface area (Å²) in [6.07, 6.45) is -4.83. The van der Waals surface area contributed by atoms with Gasteiger partial charge in [-0.05, 0) is 0 Å². The standard InChI is InChI=1S/C6H8O7.C4H6O5.Cu/c7-3(8)1-6(13,5(11)12)2-4(9)10;5-2(4(8)9)1-3(6)7;/h13H,1-2H2,(H,7,8)(H,9,10)(H,11,12);2,5H,1H2,(H,6,7)(H,8,9);. The zero-order valence-electron chi connectivity index (χ0n) is 11.2. The predicted molar refractivity (Wildman–Crippen MR) is 63.0 cm³/mol. The molecule has 0 aromatic heterocycles. The molecule has 1 radical (unpaired) electrons. The molecule has 23 heavy (non-hydrogen) atoms. The maximum absolute atomic E-state index is 10.3. The van der Waals surface area contributed by atoms with Crippen LogP contribution in [0.1, 0.15) is 19.3 Å². The Morgan fingerprint density at radius 1 is 0.783 bits per heavy atom. The second kappa shape index (κ2) is 11.4. The van der Waals surface area contributed by atoms with E-state index >= 15 is 0 Å². The second-order valence-corrected chi connectivity index (χ2v) is 3.93. The van der Waals surface area contributed by atoms with E-state index in [9.17, 15) is 24.0 Å². The molecule has 12 nitrogen and oxygen atoms in total. The Bertz CT molecular complexity index is 443. The van der Waals surface area contributed by atoms with Crippen LogP contribution >= 0.6 is 0 Å². The summed E-state index contributed by atoms with van der Waals surface area (Å²) in [6, 6.07) is 0. The van der Waals surface area contributed by atoms with Crippen molar-refractivity contribution in [1.82, 2.24) is 0 Å². The first-order chi connectivity index (χ1) is 9.81. The van der Waals surface area contributed by atoms with Crippen molar-refractivity contribution < 1.29 is 76.8 Å². The first-order valence-electron chi connectivity index (χ1n) is 5.34. The summed E-state index contributed by atoms with van der Waals surface area (Å²) in [5.41, 5.74) is -2.74. The third-order valence-electron chi connectivity index (χ3n) is 1.94. The summed E-state index contributed by atoms with van der Waals surface area (Å²) in [5.74, 6) is -7.86. The molecule has 0 aromatic carbocycles. The van der Waals surface area contributed by atoms with Crippen LogP contribution in [0.2, 0.25) is 0 Å². The number of aliphatic hydroxyl groups is 2. The summed E-state index contributed by atoms with van der Waals surface area (Å²) in [6.45, 7) is 0. The maximum Gasteiger partial charge on any atom is 0.336 e. The molecule has 1 atom stereocenters. The van der Waals surface area contributed by atoms with Gasteiger partial charge >= 0.3 is 29.8 Å². The fourth-order valence-electron chi connectivity index (χ4n) is 0.967. The number of aliphatic hydroxyl groups excluding tert-OH is 1. The summed E-state index contributed by atoms with van der Waals surface area (Å²) < 4.78 is 0. The Labute approximate surface area is 138 Å². The fraction of sp³-hybridized carbons (Fsp3) is 0.500. The van der Waals surface area contributed by atoms with E-state index in [1.165, 1.54) is 0 Å². The molecule has 0 fully saturated rings. The van der Waals surface area contributed by atoms with Gasteiger partial charge in [0.2, 0.25) is 0 Å². The van der Waals surface area contributed by atoms with Gasteiger partial charge in [-0.1, -0.05) is 0 Å². The molecule has 0 saturated carbocycles. The molecule has 137 valence electrons. The molecule has 0 aromatic rings. The molecule has 7 N–H and O–H groups in total. The Balaban J connectivity index is -0.000000354. The number of carboxylic acids is 5. The molecule has 0 aliphatic carbocycles. The molecule has 0 aliphatic heterocycles. The van der Waals surface area contributed by atoms with Crippen molar-refractivity contribution in [3.63, 3.8) is 0 Å². The number of rotatable bonds is 8. The Morgan fingerprint density at radius 2 is 1.13 bits per heavy atom. The summed E-state index contributed by atoms with van der Waals surface area (Å²) in [4.78, 5) is 49.9. The van der Waals surface area contributed by atoms with Crippen LogP contribution < -0.4 is 0 Å². The van der Waals surface area contributed by atoms with E-state index < -0.39 is 60.8 Å². The van der Waals surface area contributed by atoms with E-state index in [2.05, 4.69) is 0 Å². The average Bonchev–Trinajstić information content (AvgIpc) is 2.25. The minimum Gasteiger partial charge on any atom is -0.481 e. The van der Waals surface area contributed by atoms with Crippen LogP contribution in [0.4, 0.5) is 0 Å². The molecule has 0 spiro atoms.